The Balaban J connectivity index is 1.82. The average molecular weight is 327 g/mol. The molecule has 0 radical (unpaired) electrons. The van der Waals surface area contributed by atoms with E-state index in [1.165, 1.54) is 6.26 Å². The Kier molecular flexibility index (Phi) is 3.96. The number of fused-ring (bicyclic) bond motifs is 1. The Morgan fingerprint density at radius 2 is 1.65 bits per heavy atom. The third kappa shape index (κ3) is 3.29. The summed E-state index contributed by atoms with van der Waals surface area (Å²) in [5, 5.41) is 2.10. The van der Waals surface area contributed by atoms with Crippen LogP contribution in [-0.2, 0) is 9.84 Å². The smallest absolute Gasteiger partial charge is 0.202 e. The fraction of sp³-hybridized carbons (Fsp3) is 0.111. The molecule has 0 fully saturated rings. The minimum Gasteiger partial charge on any atom is -0.382 e. The van der Waals surface area contributed by atoms with Crippen LogP contribution < -0.4 is 4.84 Å². The second kappa shape index (κ2) is 5.93. The molecule has 0 atom stereocenters. The van der Waals surface area contributed by atoms with E-state index in [2.05, 4.69) is 0 Å². The van der Waals surface area contributed by atoms with Gasteiger partial charge in [-0.25, -0.2) is 8.42 Å². The number of aryl methyl sites for hydroxylation is 2. The van der Waals surface area contributed by atoms with Gasteiger partial charge >= 0.3 is 0 Å². The molecular formula is C18H17NO3S. The van der Waals surface area contributed by atoms with Crippen molar-refractivity contribution in [3.05, 3.63) is 77.5 Å². The van der Waals surface area contributed by atoms with Crippen molar-refractivity contribution in [1.82, 2.24) is 4.73 Å². The van der Waals surface area contributed by atoms with E-state index in [9.17, 15) is 8.42 Å². The van der Waals surface area contributed by atoms with Gasteiger partial charge in [0.1, 0.15) is 6.26 Å². The van der Waals surface area contributed by atoms with Crippen LogP contribution in [0.25, 0.3) is 10.9 Å². The van der Waals surface area contributed by atoms with Gasteiger partial charge in [-0.3, -0.25) is 0 Å². The van der Waals surface area contributed by atoms with Gasteiger partial charge in [-0.05, 0) is 43.7 Å². The lowest BCUT2D eigenvalue weighted by atomic mass is 10.2. The molecule has 0 unspecified atom stereocenters. The fourth-order valence-corrected chi connectivity index (χ4v) is 3.14. The quantitative estimate of drug-likeness (QED) is 0.688. The second-order valence-corrected chi connectivity index (χ2v) is 7.27. The largest absolute Gasteiger partial charge is 0.382 e. The van der Waals surface area contributed by atoms with E-state index in [-0.39, 0.29) is 4.90 Å². The Labute approximate surface area is 135 Å². The zero-order chi connectivity index (χ0) is 16.4. The first-order valence-electron chi connectivity index (χ1n) is 7.19. The van der Waals surface area contributed by atoms with Crippen LogP contribution in [0.5, 0.6) is 0 Å². The summed E-state index contributed by atoms with van der Waals surface area (Å²) in [7, 11) is -3.51. The molecule has 0 aliphatic rings. The normalized spacial score (nSPS) is 12.1. The van der Waals surface area contributed by atoms with Gasteiger partial charge in [0.2, 0.25) is 9.84 Å². The Bertz CT molecular complexity index is 967. The Hall–Kier alpha value is -2.53. The summed E-state index contributed by atoms with van der Waals surface area (Å²) in [6.07, 6.45) is 2.95. The summed E-state index contributed by atoms with van der Waals surface area (Å²) in [5.74, 6) is 0. The molecule has 118 valence electrons. The summed E-state index contributed by atoms with van der Waals surface area (Å²) in [5.41, 5.74) is 3.01. The number of rotatable bonds is 4. The summed E-state index contributed by atoms with van der Waals surface area (Å²) in [4.78, 5) is 5.70. The number of benzene rings is 2. The SMILES string of the molecule is Cc1ccc(S(=O)(=O)/C=C/On2ccc3ccc(C)cc32)cc1. The van der Waals surface area contributed by atoms with Crippen molar-refractivity contribution in [1.29, 1.82) is 0 Å². The van der Waals surface area contributed by atoms with E-state index in [1.54, 1.807) is 35.2 Å². The van der Waals surface area contributed by atoms with Gasteiger partial charge in [-0.2, -0.15) is 4.73 Å². The minimum atomic E-state index is -3.51. The molecule has 0 N–H and O–H groups in total. The van der Waals surface area contributed by atoms with Crippen molar-refractivity contribution in [2.24, 2.45) is 0 Å². The number of aromatic nitrogens is 1. The molecule has 3 rings (SSSR count). The maximum atomic E-state index is 12.2. The van der Waals surface area contributed by atoms with E-state index in [0.717, 1.165) is 27.4 Å². The highest BCUT2D eigenvalue weighted by Gasteiger charge is 2.10. The van der Waals surface area contributed by atoms with Crippen molar-refractivity contribution in [2.75, 3.05) is 0 Å². The van der Waals surface area contributed by atoms with Crippen molar-refractivity contribution in [3.63, 3.8) is 0 Å². The average Bonchev–Trinajstić information content (AvgIpc) is 2.90. The first-order valence-corrected chi connectivity index (χ1v) is 8.73. The van der Waals surface area contributed by atoms with E-state index >= 15 is 0 Å². The van der Waals surface area contributed by atoms with Crippen LogP contribution in [0.15, 0.2) is 71.3 Å². The number of hydrogen-bond acceptors (Lipinski definition) is 3. The number of sulfone groups is 1. The summed E-state index contributed by atoms with van der Waals surface area (Å²) in [6.45, 7) is 3.91. The molecule has 4 nitrogen and oxygen atoms in total. The Morgan fingerprint density at radius 1 is 0.957 bits per heavy atom. The highest BCUT2D eigenvalue weighted by atomic mass is 32.2. The highest BCUT2D eigenvalue weighted by molar-refractivity contribution is 7.94. The van der Waals surface area contributed by atoms with Crippen LogP contribution >= 0.6 is 0 Å². The molecule has 5 heteroatoms. The van der Waals surface area contributed by atoms with Crippen LogP contribution in [0.3, 0.4) is 0 Å². The molecule has 0 spiro atoms. The van der Waals surface area contributed by atoms with Gasteiger partial charge < -0.3 is 4.84 Å². The van der Waals surface area contributed by atoms with Gasteiger partial charge in [0.25, 0.3) is 0 Å². The highest BCUT2D eigenvalue weighted by Crippen LogP contribution is 2.17. The molecule has 0 aliphatic heterocycles. The van der Waals surface area contributed by atoms with Crippen molar-refractivity contribution in [3.8, 4) is 0 Å². The second-order valence-electron chi connectivity index (χ2n) is 5.44. The topological polar surface area (TPSA) is 48.3 Å². The summed E-state index contributed by atoms with van der Waals surface area (Å²) < 4.78 is 26.0. The van der Waals surface area contributed by atoms with Gasteiger partial charge in [0.05, 0.1) is 15.8 Å². The molecule has 0 saturated carbocycles. The molecule has 2 aromatic carbocycles. The van der Waals surface area contributed by atoms with Gasteiger partial charge in [-0.1, -0.05) is 29.8 Å². The van der Waals surface area contributed by atoms with Gasteiger partial charge in [0, 0.05) is 11.6 Å². The van der Waals surface area contributed by atoms with Gasteiger partial charge in [0.15, 0.2) is 0 Å². The molecule has 1 heterocycles. The minimum absolute atomic E-state index is 0.246. The van der Waals surface area contributed by atoms with E-state index in [1.807, 2.05) is 38.1 Å². The molecule has 1 aromatic heterocycles. The molecule has 3 aromatic rings. The fourth-order valence-electron chi connectivity index (χ4n) is 2.28. The van der Waals surface area contributed by atoms with Crippen LogP contribution in [0, 0.1) is 13.8 Å². The monoisotopic (exact) mass is 327 g/mol. The van der Waals surface area contributed by atoms with E-state index < -0.39 is 9.84 Å². The van der Waals surface area contributed by atoms with Crippen molar-refractivity contribution in [2.45, 2.75) is 18.7 Å². The van der Waals surface area contributed by atoms with Crippen LogP contribution in [0.1, 0.15) is 11.1 Å². The summed E-state index contributed by atoms with van der Waals surface area (Å²) in [6, 6.07) is 14.6. The van der Waals surface area contributed by atoms with E-state index in [0.29, 0.717) is 0 Å². The molecule has 0 saturated heterocycles. The molecule has 0 bridgehead atoms. The predicted molar refractivity (Wildman–Crippen MR) is 90.8 cm³/mol. The summed E-state index contributed by atoms with van der Waals surface area (Å²) >= 11 is 0. The number of nitrogens with zero attached hydrogens (tertiary/aromatic N) is 1. The third-order valence-corrected chi connectivity index (χ3v) is 4.97. The number of hydrogen-bond donors (Lipinski definition) is 0. The van der Waals surface area contributed by atoms with Crippen molar-refractivity contribution < 1.29 is 13.3 Å². The predicted octanol–water partition coefficient (Wildman–Crippen LogP) is 3.63. The lowest BCUT2D eigenvalue weighted by molar-refractivity contribution is 0.226. The Morgan fingerprint density at radius 3 is 2.39 bits per heavy atom. The third-order valence-electron chi connectivity index (χ3n) is 3.57. The maximum Gasteiger partial charge on any atom is 0.202 e. The lowest BCUT2D eigenvalue weighted by Gasteiger charge is -2.04. The first-order chi connectivity index (χ1) is 11.0. The van der Waals surface area contributed by atoms with Crippen LogP contribution in [0.2, 0.25) is 0 Å². The lowest BCUT2D eigenvalue weighted by Crippen LogP contribution is -2.04. The zero-order valence-electron chi connectivity index (χ0n) is 12.9. The molecule has 23 heavy (non-hydrogen) atoms. The molecule has 0 amide bonds. The van der Waals surface area contributed by atoms with Gasteiger partial charge in [-0.15, -0.1) is 0 Å². The van der Waals surface area contributed by atoms with Crippen LogP contribution in [0.4, 0.5) is 0 Å². The van der Waals surface area contributed by atoms with E-state index in [4.69, 9.17) is 4.84 Å². The standard InChI is InChI=1S/C18H17NO3S/c1-14-4-7-17(8-5-14)23(20,21)12-11-22-19-10-9-16-6-3-15(2)13-18(16)19/h3-13H,1-2H3/b12-11+. The molecular weight excluding hydrogens is 310 g/mol. The van der Waals surface area contributed by atoms with Crippen molar-refractivity contribution >= 4 is 20.7 Å². The van der Waals surface area contributed by atoms with Crippen LogP contribution in [-0.4, -0.2) is 13.1 Å². The zero-order valence-corrected chi connectivity index (χ0v) is 13.7. The molecule has 0 aliphatic carbocycles. The first kappa shape index (κ1) is 15.4. The maximum absolute atomic E-state index is 12.2.